The number of fused-ring (bicyclic) bond motifs is 1. The summed E-state index contributed by atoms with van der Waals surface area (Å²) in [6.45, 7) is 2.32. The second-order valence-corrected chi connectivity index (χ2v) is 7.95. The van der Waals surface area contributed by atoms with E-state index in [0.717, 1.165) is 48.3 Å². The van der Waals surface area contributed by atoms with Crippen LogP contribution in [0.4, 0.5) is 20.2 Å². The molecular weight excluding hydrogens is 408 g/mol. The van der Waals surface area contributed by atoms with E-state index in [0.29, 0.717) is 11.4 Å². The van der Waals surface area contributed by atoms with Crippen LogP contribution in [0.25, 0.3) is 0 Å². The van der Waals surface area contributed by atoms with Gasteiger partial charge in [-0.15, -0.1) is 6.42 Å². The first-order chi connectivity index (χ1) is 15.5. The van der Waals surface area contributed by atoms with Crippen LogP contribution in [0.2, 0.25) is 0 Å². The zero-order valence-electron chi connectivity index (χ0n) is 18.0. The van der Waals surface area contributed by atoms with Crippen LogP contribution in [0.3, 0.4) is 0 Å². The highest BCUT2D eigenvalue weighted by molar-refractivity contribution is 5.61. The average molecular weight is 433 g/mol. The summed E-state index contributed by atoms with van der Waals surface area (Å²) < 4.78 is 38.4. The van der Waals surface area contributed by atoms with Gasteiger partial charge in [-0.25, -0.2) is 8.78 Å². The molecule has 3 aromatic rings. The third kappa shape index (κ3) is 4.55. The fourth-order valence-electron chi connectivity index (χ4n) is 4.08. The van der Waals surface area contributed by atoms with Gasteiger partial charge >= 0.3 is 0 Å². The number of terminal acetylenes is 1. The van der Waals surface area contributed by atoms with Crippen molar-refractivity contribution in [3.8, 4) is 23.8 Å². The molecule has 3 aromatic carbocycles. The molecule has 5 heteroatoms. The summed E-state index contributed by atoms with van der Waals surface area (Å²) in [5, 5.41) is 3.02. The van der Waals surface area contributed by atoms with E-state index < -0.39 is 5.41 Å². The number of benzene rings is 3. The molecule has 0 saturated heterocycles. The number of hydrogen-bond donors (Lipinski definition) is 1. The maximum atomic E-state index is 14.3. The molecule has 0 aromatic heterocycles. The SMILES string of the molecule is C#CC(CC)(CCCc1ccc(F)c(Nc2ccc(F)cc2)c1)c1ccc2c(c1)OCO2. The Morgan fingerprint density at radius 3 is 2.53 bits per heavy atom. The molecule has 1 aliphatic heterocycles. The van der Waals surface area contributed by atoms with E-state index in [1.54, 1.807) is 24.3 Å². The third-order valence-electron chi connectivity index (χ3n) is 6.03. The van der Waals surface area contributed by atoms with Crippen LogP contribution in [0.15, 0.2) is 60.7 Å². The van der Waals surface area contributed by atoms with E-state index in [1.165, 1.54) is 18.2 Å². The van der Waals surface area contributed by atoms with Gasteiger partial charge in [0.1, 0.15) is 11.6 Å². The molecule has 0 saturated carbocycles. The number of anilines is 2. The zero-order chi connectivity index (χ0) is 22.6. The fraction of sp³-hybridized carbons (Fsp3) is 0.259. The van der Waals surface area contributed by atoms with Gasteiger partial charge in [-0.05, 0) is 85.3 Å². The lowest BCUT2D eigenvalue weighted by Gasteiger charge is -2.28. The first-order valence-electron chi connectivity index (χ1n) is 10.7. The summed E-state index contributed by atoms with van der Waals surface area (Å²) in [5.74, 6) is 3.79. The highest BCUT2D eigenvalue weighted by Crippen LogP contribution is 2.40. The van der Waals surface area contributed by atoms with Gasteiger partial charge in [0.2, 0.25) is 6.79 Å². The predicted molar refractivity (Wildman–Crippen MR) is 122 cm³/mol. The Morgan fingerprint density at radius 1 is 1.00 bits per heavy atom. The minimum atomic E-state index is -0.407. The molecule has 1 atom stereocenters. The van der Waals surface area contributed by atoms with Crippen molar-refractivity contribution in [3.63, 3.8) is 0 Å². The Balaban J connectivity index is 1.45. The molecule has 1 N–H and O–H groups in total. The summed E-state index contributed by atoms with van der Waals surface area (Å²) in [6, 6.07) is 16.8. The van der Waals surface area contributed by atoms with Gasteiger partial charge in [0.15, 0.2) is 11.5 Å². The van der Waals surface area contributed by atoms with Gasteiger partial charge < -0.3 is 14.8 Å². The Labute approximate surface area is 187 Å². The van der Waals surface area contributed by atoms with Gasteiger partial charge in [0.25, 0.3) is 0 Å². The lowest BCUT2D eigenvalue weighted by molar-refractivity contribution is 0.174. The Kier molecular flexibility index (Phi) is 6.32. The Bertz CT molecular complexity index is 1140. The second kappa shape index (κ2) is 9.32. The average Bonchev–Trinajstić information content (AvgIpc) is 3.28. The quantitative estimate of drug-likeness (QED) is 0.399. The molecule has 0 radical (unpaired) electrons. The van der Waals surface area contributed by atoms with E-state index >= 15 is 0 Å². The number of aryl methyl sites for hydroxylation is 1. The minimum absolute atomic E-state index is 0.229. The maximum absolute atomic E-state index is 14.3. The summed E-state index contributed by atoms with van der Waals surface area (Å²) in [7, 11) is 0. The first-order valence-corrected chi connectivity index (χ1v) is 10.7. The van der Waals surface area contributed by atoms with E-state index in [1.807, 2.05) is 18.2 Å². The van der Waals surface area contributed by atoms with Gasteiger partial charge in [-0.3, -0.25) is 0 Å². The summed E-state index contributed by atoms with van der Waals surface area (Å²) >= 11 is 0. The fourth-order valence-corrected chi connectivity index (χ4v) is 4.08. The molecule has 4 rings (SSSR count). The molecule has 0 amide bonds. The van der Waals surface area contributed by atoms with E-state index in [9.17, 15) is 8.78 Å². The van der Waals surface area contributed by atoms with Gasteiger partial charge in [-0.1, -0.05) is 25.0 Å². The minimum Gasteiger partial charge on any atom is -0.454 e. The lowest BCUT2D eigenvalue weighted by atomic mass is 9.74. The van der Waals surface area contributed by atoms with E-state index in [-0.39, 0.29) is 18.4 Å². The molecule has 1 heterocycles. The topological polar surface area (TPSA) is 30.5 Å². The molecular formula is C27H25F2NO2. The molecule has 0 fully saturated rings. The number of rotatable bonds is 8. The Hall–Kier alpha value is -3.52. The number of halogens is 2. The predicted octanol–water partition coefficient (Wildman–Crippen LogP) is 6.74. The number of nitrogens with one attached hydrogen (secondary N) is 1. The van der Waals surface area contributed by atoms with Crippen molar-refractivity contribution < 1.29 is 18.3 Å². The largest absolute Gasteiger partial charge is 0.454 e. The van der Waals surface area contributed by atoms with Crippen molar-refractivity contribution in [2.24, 2.45) is 0 Å². The number of ether oxygens (including phenoxy) is 2. The van der Waals surface area contributed by atoms with Crippen LogP contribution in [0.5, 0.6) is 11.5 Å². The second-order valence-electron chi connectivity index (χ2n) is 7.95. The van der Waals surface area contributed by atoms with Crippen molar-refractivity contribution in [1.82, 2.24) is 0 Å². The summed E-state index contributed by atoms with van der Waals surface area (Å²) in [6.07, 6.45) is 9.19. The molecule has 164 valence electrons. The standard InChI is InChI=1S/C27H25F2NO2/c1-3-27(4-2,20-8-14-25-26(17-20)32-18-31-25)15-5-6-19-7-13-23(29)24(16-19)30-22-11-9-21(28)10-12-22/h1,7-14,16-17,30H,4-6,15,18H2,2H3. The third-order valence-corrected chi connectivity index (χ3v) is 6.03. The van der Waals surface area contributed by atoms with Crippen LogP contribution >= 0.6 is 0 Å². The molecule has 32 heavy (non-hydrogen) atoms. The highest BCUT2D eigenvalue weighted by Gasteiger charge is 2.29. The molecule has 1 aliphatic rings. The van der Waals surface area contributed by atoms with Crippen LogP contribution in [-0.4, -0.2) is 6.79 Å². The first kappa shape index (κ1) is 21.7. The summed E-state index contributed by atoms with van der Waals surface area (Å²) in [5.41, 5.74) is 2.63. The van der Waals surface area contributed by atoms with Gasteiger partial charge in [-0.2, -0.15) is 0 Å². The van der Waals surface area contributed by atoms with E-state index in [2.05, 4.69) is 18.2 Å². The summed E-state index contributed by atoms with van der Waals surface area (Å²) in [4.78, 5) is 0. The molecule has 1 unspecified atom stereocenters. The van der Waals surface area contributed by atoms with Gasteiger partial charge in [0, 0.05) is 5.69 Å². The van der Waals surface area contributed by atoms with E-state index in [4.69, 9.17) is 15.9 Å². The molecule has 0 aliphatic carbocycles. The monoisotopic (exact) mass is 433 g/mol. The van der Waals surface area contributed by atoms with Crippen LogP contribution < -0.4 is 14.8 Å². The van der Waals surface area contributed by atoms with Crippen molar-refractivity contribution in [2.45, 2.75) is 38.0 Å². The molecule has 3 nitrogen and oxygen atoms in total. The maximum Gasteiger partial charge on any atom is 0.231 e. The van der Waals surface area contributed by atoms with Crippen molar-refractivity contribution in [1.29, 1.82) is 0 Å². The zero-order valence-corrected chi connectivity index (χ0v) is 18.0. The Morgan fingerprint density at radius 2 is 1.78 bits per heavy atom. The van der Waals surface area contributed by atoms with Crippen molar-refractivity contribution in [2.75, 3.05) is 12.1 Å². The smallest absolute Gasteiger partial charge is 0.231 e. The molecule has 0 bridgehead atoms. The van der Waals surface area contributed by atoms with Crippen LogP contribution in [0, 0.1) is 24.0 Å². The van der Waals surface area contributed by atoms with Crippen LogP contribution in [0.1, 0.15) is 37.3 Å². The van der Waals surface area contributed by atoms with Crippen molar-refractivity contribution >= 4 is 11.4 Å². The van der Waals surface area contributed by atoms with Gasteiger partial charge in [0.05, 0.1) is 11.1 Å². The van der Waals surface area contributed by atoms with Crippen molar-refractivity contribution in [3.05, 3.63) is 83.4 Å². The lowest BCUT2D eigenvalue weighted by Crippen LogP contribution is -2.23. The van der Waals surface area contributed by atoms with Crippen LogP contribution in [-0.2, 0) is 11.8 Å². The number of hydrogen-bond acceptors (Lipinski definition) is 3. The highest BCUT2D eigenvalue weighted by atomic mass is 19.1. The molecule has 0 spiro atoms. The normalized spacial score (nSPS) is 13.9.